The standard InChI is InChI=1S/C9H10N2/c10-6-9(7-11)8-4-2-1-3-5-8/h4,9H,1-3,5H2. The molecule has 0 radical (unpaired) electrons. The number of rotatable bonds is 1. The molecule has 0 amide bonds. The van der Waals surface area contributed by atoms with Crippen molar-refractivity contribution in [3.05, 3.63) is 11.6 Å². The van der Waals surface area contributed by atoms with E-state index in [0.29, 0.717) is 0 Å². The number of hydrogen-bond donors (Lipinski definition) is 0. The maximum absolute atomic E-state index is 8.56. The molecule has 0 saturated carbocycles. The number of hydrogen-bond acceptors (Lipinski definition) is 2. The van der Waals surface area contributed by atoms with Crippen LogP contribution in [0.25, 0.3) is 0 Å². The summed E-state index contributed by atoms with van der Waals surface area (Å²) in [5, 5.41) is 17.1. The summed E-state index contributed by atoms with van der Waals surface area (Å²) in [6.07, 6.45) is 6.35. The van der Waals surface area contributed by atoms with Gasteiger partial charge in [-0.2, -0.15) is 10.5 Å². The summed E-state index contributed by atoms with van der Waals surface area (Å²) >= 11 is 0. The topological polar surface area (TPSA) is 47.6 Å². The van der Waals surface area contributed by atoms with Crippen molar-refractivity contribution in [2.24, 2.45) is 5.92 Å². The van der Waals surface area contributed by atoms with Gasteiger partial charge in [-0.1, -0.05) is 6.08 Å². The minimum absolute atomic E-state index is 0.490. The largest absolute Gasteiger partial charge is 0.197 e. The van der Waals surface area contributed by atoms with E-state index in [1.54, 1.807) is 0 Å². The fraction of sp³-hybridized carbons (Fsp3) is 0.556. The molecule has 0 bridgehead atoms. The van der Waals surface area contributed by atoms with E-state index < -0.39 is 5.92 Å². The predicted molar refractivity (Wildman–Crippen MR) is 41.3 cm³/mol. The molecular weight excluding hydrogens is 136 g/mol. The molecule has 0 fully saturated rings. The zero-order valence-electron chi connectivity index (χ0n) is 6.38. The summed E-state index contributed by atoms with van der Waals surface area (Å²) in [4.78, 5) is 0. The van der Waals surface area contributed by atoms with Gasteiger partial charge in [0.15, 0.2) is 5.92 Å². The Morgan fingerprint density at radius 2 is 2.00 bits per heavy atom. The van der Waals surface area contributed by atoms with Crippen LogP contribution in [0.5, 0.6) is 0 Å². The predicted octanol–water partition coefficient (Wildman–Crippen LogP) is 2.15. The molecular formula is C9H10N2. The Hall–Kier alpha value is -1.28. The van der Waals surface area contributed by atoms with Crippen LogP contribution < -0.4 is 0 Å². The monoisotopic (exact) mass is 146 g/mol. The lowest BCUT2D eigenvalue weighted by atomic mass is 9.91. The van der Waals surface area contributed by atoms with Crippen LogP contribution in [0.4, 0.5) is 0 Å². The Kier molecular flexibility index (Phi) is 2.69. The first kappa shape index (κ1) is 7.82. The second-order valence-electron chi connectivity index (χ2n) is 2.72. The first-order valence-electron chi connectivity index (χ1n) is 3.86. The van der Waals surface area contributed by atoms with E-state index >= 15 is 0 Å². The molecule has 1 aliphatic rings. The number of nitrogens with zero attached hydrogens (tertiary/aromatic N) is 2. The minimum atomic E-state index is -0.490. The molecule has 0 spiro atoms. The van der Waals surface area contributed by atoms with Crippen molar-refractivity contribution in [1.29, 1.82) is 10.5 Å². The molecule has 0 unspecified atom stereocenters. The van der Waals surface area contributed by atoms with E-state index in [-0.39, 0.29) is 0 Å². The lowest BCUT2D eigenvalue weighted by molar-refractivity contribution is 0.671. The van der Waals surface area contributed by atoms with E-state index in [1.165, 1.54) is 6.42 Å². The van der Waals surface area contributed by atoms with Crippen LogP contribution in [0, 0.1) is 28.6 Å². The van der Waals surface area contributed by atoms with E-state index in [4.69, 9.17) is 10.5 Å². The van der Waals surface area contributed by atoms with Crippen LogP contribution in [-0.4, -0.2) is 0 Å². The van der Waals surface area contributed by atoms with E-state index in [1.807, 2.05) is 18.2 Å². The first-order chi connectivity index (χ1) is 5.38. The normalized spacial score (nSPS) is 16.8. The van der Waals surface area contributed by atoms with Crippen molar-refractivity contribution in [3.8, 4) is 12.1 Å². The molecule has 0 aromatic carbocycles. The molecule has 2 heteroatoms. The van der Waals surface area contributed by atoms with Gasteiger partial charge >= 0.3 is 0 Å². The zero-order chi connectivity index (χ0) is 8.10. The van der Waals surface area contributed by atoms with Gasteiger partial charge in [0.2, 0.25) is 0 Å². The van der Waals surface area contributed by atoms with Crippen molar-refractivity contribution in [3.63, 3.8) is 0 Å². The van der Waals surface area contributed by atoms with Crippen LogP contribution in [0.1, 0.15) is 25.7 Å². The van der Waals surface area contributed by atoms with E-state index in [2.05, 4.69) is 0 Å². The molecule has 1 aliphatic carbocycles. The molecule has 0 atom stereocenters. The van der Waals surface area contributed by atoms with Gasteiger partial charge < -0.3 is 0 Å². The van der Waals surface area contributed by atoms with Crippen molar-refractivity contribution in [1.82, 2.24) is 0 Å². The highest BCUT2D eigenvalue weighted by Gasteiger charge is 2.13. The maximum atomic E-state index is 8.56. The average Bonchev–Trinajstić information content (AvgIpc) is 2.09. The highest BCUT2D eigenvalue weighted by molar-refractivity contribution is 5.23. The summed E-state index contributed by atoms with van der Waals surface area (Å²) < 4.78 is 0. The van der Waals surface area contributed by atoms with Crippen molar-refractivity contribution in [2.45, 2.75) is 25.7 Å². The molecule has 0 saturated heterocycles. The van der Waals surface area contributed by atoms with Crippen LogP contribution >= 0.6 is 0 Å². The Morgan fingerprint density at radius 3 is 2.45 bits per heavy atom. The summed E-state index contributed by atoms with van der Waals surface area (Å²) in [5.41, 5.74) is 1.03. The highest BCUT2D eigenvalue weighted by Crippen LogP contribution is 2.23. The number of nitriles is 2. The Morgan fingerprint density at radius 1 is 1.27 bits per heavy atom. The van der Waals surface area contributed by atoms with Crippen LogP contribution in [0.3, 0.4) is 0 Å². The van der Waals surface area contributed by atoms with Gasteiger partial charge in [-0.15, -0.1) is 0 Å². The molecule has 0 aliphatic heterocycles. The summed E-state index contributed by atoms with van der Waals surface area (Å²) in [6.45, 7) is 0. The molecule has 0 aromatic heterocycles. The summed E-state index contributed by atoms with van der Waals surface area (Å²) in [6, 6.07) is 3.98. The fourth-order valence-corrected chi connectivity index (χ4v) is 1.32. The molecule has 2 nitrogen and oxygen atoms in total. The average molecular weight is 146 g/mol. The molecule has 11 heavy (non-hydrogen) atoms. The van der Waals surface area contributed by atoms with Gasteiger partial charge in [-0.3, -0.25) is 0 Å². The first-order valence-corrected chi connectivity index (χ1v) is 3.86. The van der Waals surface area contributed by atoms with Gasteiger partial charge in [-0.25, -0.2) is 0 Å². The minimum Gasteiger partial charge on any atom is -0.197 e. The second-order valence-corrected chi connectivity index (χ2v) is 2.72. The van der Waals surface area contributed by atoms with Gasteiger partial charge in [0.05, 0.1) is 12.1 Å². The summed E-state index contributed by atoms with van der Waals surface area (Å²) in [5.74, 6) is -0.490. The van der Waals surface area contributed by atoms with E-state index in [0.717, 1.165) is 24.8 Å². The number of allylic oxidation sites excluding steroid dienone is 2. The van der Waals surface area contributed by atoms with Crippen LogP contribution in [0.15, 0.2) is 11.6 Å². The van der Waals surface area contributed by atoms with Crippen LogP contribution in [0.2, 0.25) is 0 Å². The molecule has 56 valence electrons. The lowest BCUT2D eigenvalue weighted by Gasteiger charge is -2.11. The zero-order valence-corrected chi connectivity index (χ0v) is 6.38. The second kappa shape index (κ2) is 3.78. The highest BCUT2D eigenvalue weighted by atomic mass is 14.3. The van der Waals surface area contributed by atoms with Gasteiger partial charge in [0.25, 0.3) is 0 Å². The SMILES string of the molecule is N#CC(C#N)C1=CCCCC1. The van der Waals surface area contributed by atoms with E-state index in [9.17, 15) is 0 Å². The molecule has 0 N–H and O–H groups in total. The Balaban J connectivity index is 2.67. The lowest BCUT2D eigenvalue weighted by Crippen LogP contribution is -2.01. The van der Waals surface area contributed by atoms with Crippen molar-refractivity contribution >= 4 is 0 Å². The maximum Gasteiger partial charge on any atom is 0.154 e. The van der Waals surface area contributed by atoms with Gasteiger partial charge in [-0.05, 0) is 31.3 Å². The van der Waals surface area contributed by atoms with Gasteiger partial charge in [0.1, 0.15) is 0 Å². The molecule has 0 aromatic rings. The van der Waals surface area contributed by atoms with Crippen molar-refractivity contribution in [2.75, 3.05) is 0 Å². The Labute approximate surface area is 66.7 Å². The fourth-order valence-electron chi connectivity index (χ4n) is 1.32. The molecule has 0 heterocycles. The third-order valence-corrected chi connectivity index (χ3v) is 1.96. The Bertz CT molecular complexity index is 225. The molecule has 1 rings (SSSR count). The third-order valence-electron chi connectivity index (χ3n) is 1.96. The third kappa shape index (κ3) is 1.82. The van der Waals surface area contributed by atoms with Gasteiger partial charge in [0, 0.05) is 0 Å². The smallest absolute Gasteiger partial charge is 0.154 e. The quantitative estimate of drug-likeness (QED) is 0.532. The van der Waals surface area contributed by atoms with Crippen LogP contribution in [-0.2, 0) is 0 Å². The summed E-state index contributed by atoms with van der Waals surface area (Å²) in [7, 11) is 0. The van der Waals surface area contributed by atoms with Crippen molar-refractivity contribution < 1.29 is 0 Å².